The fraction of sp³-hybridized carbons (Fsp3) is 0.444. The van der Waals surface area contributed by atoms with Crippen LogP contribution < -0.4 is 4.90 Å². The Hall–Kier alpha value is -1.85. The number of hydrogen-bond donors (Lipinski definition) is 0. The molecule has 4 rings (SSSR count). The zero-order valence-electron chi connectivity index (χ0n) is 13.3. The number of carbonyl (C=O) groups excluding carboxylic acids is 2. The molecule has 1 aromatic carbocycles. The first-order valence-corrected chi connectivity index (χ1v) is 8.54. The summed E-state index contributed by atoms with van der Waals surface area (Å²) >= 11 is 5.92. The van der Waals surface area contributed by atoms with Crippen molar-refractivity contribution in [3.05, 3.63) is 41.4 Å². The van der Waals surface area contributed by atoms with E-state index in [2.05, 4.69) is 0 Å². The van der Waals surface area contributed by atoms with Gasteiger partial charge in [0.05, 0.1) is 25.2 Å². The third kappa shape index (κ3) is 2.19. The number of ether oxygens (including phenoxy) is 2. The lowest BCUT2D eigenvalue weighted by molar-refractivity contribution is -0.152. The Kier molecular flexibility index (Phi) is 3.66. The van der Waals surface area contributed by atoms with Gasteiger partial charge in [0.1, 0.15) is 11.5 Å². The summed E-state index contributed by atoms with van der Waals surface area (Å²) < 4.78 is 11.3. The number of rotatable bonds is 4. The molecule has 4 atom stereocenters. The molecular weight excluding hydrogens is 330 g/mol. The van der Waals surface area contributed by atoms with Crippen LogP contribution in [0.3, 0.4) is 0 Å². The minimum absolute atomic E-state index is 0.0948. The van der Waals surface area contributed by atoms with Gasteiger partial charge in [0.25, 0.3) is 0 Å². The maximum atomic E-state index is 13.0. The number of halogens is 1. The number of hydrogen-bond acceptors (Lipinski definition) is 4. The molecule has 5 nitrogen and oxygen atoms in total. The van der Waals surface area contributed by atoms with E-state index in [1.54, 1.807) is 29.2 Å². The van der Waals surface area contributed by atoms with Crippen LogP contribution in [0.5, 0.6) is 0 Å². The van der Waals surface area contributed by atoms with Crippen molar-refractivity contribution in [1.82, 2.24) is 0 Å². The molecule has 1 aromatic rings. The maximum absolute atomic E-state index is 13.0. The van der Waals surface area contributed by atoms with Crippen LogP contribution in [-0.2, 0) is 19.1 Å². The zero-order valence-corrected chi connectivity index (χ0v) is 14.0. The smallest absolute Gasteiger partial charge is 0.312 e. The number of amides is 1. The van der Waals surface area contributed by atoms with Crippen molar-refractivity contribution in [2.24, 2.45) is 11.8 Å². The molecule has 3 heterocycles. The number of carbonyl (C=O) groups is 2. The highest BCUT2D eigenvalue weighted by atomic mass is 35.5. The summed E-state index contributed by atoms with van der Waals surface area (Å²) in [7, 11) is 0. The number of esters is 1. The van der Waals surface area contributed by atoms with Gasteiger partial charge in [0.15, 0.2) is 0 Å². The lowest BCUT2D eigenvalue weighted by Gasteiger charge is -2.22. The summed E-state index contributed by atoms with van der Waals surface area (Å²) in [6.07, 6.45) is 4.20. The summed E-state index contributed by atoms with van der Waals surface area (Å²) in [5, 5.41) is 0.613. The second kappa shape index (κ2) is 5.60. The highest BCUT2D eigenvalue weighted by molar-refractivity contribution is 6.30. The van der Waals surface area contributed by atoms with Gasteiger partial charge >= 0.3 is 5.97 Å². The molecule has 1 spiro atoms. The summed E-state index contributed by atoms with van der Waals surface area (Å²) in [5.41, 5.74) is 0.0337. The molecule has 24 heavy (non-hydrogen) atoms. The average Bonchev–Trinajstić information content (AvgIpc) is 3.22. The minimum atomic E-state index is -0.725. The molecule has 0 N–H and O–H groups in total. The first-order valence-electron chi connectivity index (χ1n) is 8.16. The minimum Gasteiger partial charge on any atom is -0.465 e. The van der Waals surface area contributed by atoms with Crippen LogP contribution in [0.25, 0.3) is 0 Å². The molecule has 0 radical (unpaired) electrons. The van der Waals surface area contributed by atoms with Gasteiger partial charge in [-0.3, -0.25) is 9.59 Å². The van der Waals surface area contributed by atoms with Crippen LogP contribution in [0.2, 0.25) is 5.02 Å². The fourth-order valence-electron chi connectivity index (χ4n) is 3.91. The van der Waals surface area contributed by atoms with Crippen molar-refractivity contribution in [1.29, 1.82) is 0 Å². The first kappa shape index (κ1) is 15.7. The summed E-state index contributed by atoms with van der Waals surface area (Å²) in [4.78, 5) is 27.1. The SMILES string of the molecule is CCCOC(=O)[C@@H]1[C@H]2C=C[C@@]3(CN(c4ccc(Cl)cc4)C(=O)[C@@H]13)O2. The number of fused-ring (bicyclic) bond motifs is 1. The predicted octanol–water partition coefficient (Wildman–Crippen LogP) is 2.58. The first-order chi connectivity index (χ1) is 11.6. The molecule has 0 saturated carbocycles. The Balaban J connectivity index is 1.64. The van der Waals surface area contributed by atoms with E-state index in [9.17, 15) is 9.59 Å². The van der Waals surface area contributed by atoms with Crippen LogP contribution in [0, 0.1) is 11.8 Å². The quantitative estimate of drug-likeness (QED) is 0.620. The fourth-order valence-corrected chi connectivity index (χ4v) is 4.03. The van der Waals surface area contributed by atoms with E-state index in [1.807, 2.05) is 19.1 Å². The molecule has 3 aliphatic heterocycles. The second-order valence-corrected chi connectivity index (χ2v) is 6.90. The summed E-state index contributed by atoms with van der Waals surface area (Å²) in [6, 6.07) is 7.10. The maximum Gasteiger partial charge on any atom is 0.312 e. The molecule has 0 aromatic heterocycles. The van der Waals surface area contributed by atoms with Crippen LogP contribution >= 0.6 is 11.6 Å². The van der Waals surface area contributed by atoms with Gasteiger partial charge in [-0.05, 0) is 30.7 Å². The lowest BCUT2D eigenvalue weighted by Crippen LogP contribution is -2.40. The van der Waals surface area contributed by atoms with Crippen molar-refractivity contribution < 1.29 is 19.1 Å². The molecule has 0 aliphatic carbocycles. The van der Waals surface area contributed by atoms with Gasteiger partial charge in [-0.25, -0.2) is 0 Å². The van der Waals surface area contributed by atoms with Gasteiger partial charge < -0.3 is 14.4 Å². The van der Waals surface area contributed by atoms with E-state index in [4.69, 9.17) is 21.1 Å². The normalized spacial score (nSPS) is 33.2. The molecule has 1 amide bonds. The standard InChI is InChI=1S/C18H18ClNO4/c1-2-9-23-17(22)14-13-7-8-18(24-13)10-20(16(21)15(14)18)12-5-3-11(19)4-6-12/h3-8,13-15H,2,9-10H2,1H3/t13-,14-,15-,18+/m1/s1. The second-order valence-electron chi connectivity index (χ2n) is 6.47. The number of anilines is 1. The molecule has 0 unspecified atom stereocenters. The van der Waals surface area contributed by atoms with Gasteiger partial charge in [-0.1, -0.05) is 30.7 Å². The molecule has 6 heteroatoms. The number of benzene rings is 1. The van der Waals surface area contributed by atoms with Crippen molar-refractivity contribution in [3.8, 4) is 0 Å². The van der Waals surface area contributed by atoms with Crippen molar-refractivity contribution in [3.63, 3.8) is 0 Å². The molecule has 2 bridgehead atoms. The van der Waals surface area contributed by atoms with Crippen molar-refractivity contribution >= 4 is 29.2 Å². The molecule has 126 valence electrons. The van der Waals surface area contributed by atoms with Gasteiger partial charge in [-0.15, -0.1) is 0 Å². The summed E-state index contributed by atoms with van der Waals surface area (Å²) in [6.45, 7) is 2.71. The Morgan fingerprint density at radius 2 is 2.17 bits per heavy atom. The van der Waals surface area contributed by atoms with E-state index in [-0.39, 0.29) is 18.0 Å². The van der Waals surface area contributed by atoms with E-state index >= 15 is 0 Å². The van der Waals surface area contributed by atoms with Crippen LogP contribution in [0.15, 0.2) is 36.4 Å². The van der Waals surface area contributed by atoms with E-state index in [1.165, 1.54) is 0 Å². The third-order valence-corrected chi connectivity index (χ3v) is 5.21. The van der Waals surface area contributed by atoms with Crippen molar-refractivity contribution in [2.75, 3.05) is 18.1 Å². The molecule has 2 saturated heterocycles. The van der Waals surface area contributed by atoms with Crippen LogP contribution in [0.1, 0.15) is 13.3 Å². The Bertz CT molecular complexity index is 716. The van der Waals surface area contributed by atoms with Gasteiger partial charge in [-0.2, -0.15) is 0 Å². The summed E-state index contributed by atoms with van der Waals surface area (Å²) in [5.74, 6) is -1.52. The van der Waals surface area contributed by atoms with Gasteiger partial charge in [0, 0.05) is 10.7 Å². The Morgan fingerprint density at radius 1 is 1.42 bits per heavy atom. The largest absolute Gasteiger partial charge is 0.465 e. The third-order valence-electron chi connectivity index (χ3n) is 4.96. The Labute approximate surface area is 145 Å². The monoisotopic (exact) mass is 347 g/mol. The molecular formula is C18H18ClNO4. The molecule has 3 aliphatic rings. The number of nitrogens with zero attached hydrogens (tertiary/aromatic N) is 1. The topological polar surface area (TPSA) is 55.8 Å². The zero-order chi connectivity index (χ0) is 16.9. The average molecular weight is 348 g/mol. The lowest BCUT2D eigenvalue weighted by atomic mass is 9.77. The predicted molar refractivity (Wildman–Crippen MR) is 88.8 cm³/mol. The van der Waals surface area contributed by atoms with E-state index in [0.29, 0.717) is 18.2 Å². The highest BCUT2D eigenvalue weighted by Crippen LogP contribution is 2.52. The van der Waals surface area contributed by atoms with Crippen molar-refractivity contribution in [2.45, 2.75) is 25.0 Å². The van der Waals surface area contributed by atoms with Crippen LogP contribution in [-0.4, -0.2) is 36.7 Å². The van der Waals surface area contributed by atoms with Gasteiger partial charge in [0.2, 0.25) is 5.91 Å². The van der Waals surface area contributed by atoms with E-state index in [0.717, 1.165) is 12.1 Å². The highest BCUT2D eigenvalue weighted by Gasteiger charge is 2.67. The van der Waals surface area contributed by atoms with Crippen LogP contribution in [0.4, 0.5) is 5.69 Å². The Morgan fingerprint density at radius 3 is 2.88 bits per heavy atom. The molecule has 2 fully saturated rings. The van der Waals surface area contributed by atoms with E-state index < -0.39 is 17.4 Å².